The van der Waals surface area contributed by atoms with Crippen LogP contribution in [-0.2, 0) is 4.74 Å². The highest BCUT2D eigenvalue weighted by molar-refractivity contribution is 5.94. The number of ether oxygens (including phenoxy) is 1. The summed E-state index contributed by atoms with van der Waals surface area (Å²) in [5, 5.41) is 0.676. The van der Waals surface area contributed by atoms with Gasteiger partial charge in [0.2, 0.25) is 0 Å². The molecule has 2 rings (SSSR count). The summed E-state index contributed by atoms with van der Waals surface area (Å²) < 4.78 is 17.5. The van der Waals surface area contributed by atoms with Crippen molar-refractivity contribution < 1.29 is 14.0 Å². The van der Waals surface area contributed by atoms with Crippen molar-refractivity contribution in [3.63, 3.8) is 0 Å². The third kappa shape index (κ3) is 1.25. The lowest BCUT2D eigenvalue weighted by atomic mass is 10.1. The first kappa shape index (κ1) is 8.74. The lowest BCUT2D eigenvalue weighted by Crippen LogP contribution is -2.00. The van der Waals surface area contributed by atoms with E-state index in [0.717, 1.165) is 0 Å². The highest BCUT2D eigenvalue weighted by Crippen LogP contribution is 2.17. The fourth-order valence-electron chi connectivity index (χ4n) is 1.35. The third-order valence-corrected chi connectivity index (χ3v) is 2.06. The maximum atomic E-state index is 13.0. The fourth-order valence-corrected chi connectivity index (χ4v) is 1.35. The average Bonchev–Trinajstić information content (AvgIpc) is 2.59. The number of hydrogen-bond donors (Lipinski definition) is 0. The molecular formula is C10H8FNO2. The molecule has 0 unspecified atom stereocenters. The maximum Gasteiger partial charge on any atom is 0.337 e. The van der Waals surface area contributed by atoms with E-state index in [9.17, 15) is 9.28 Å². The number of carbonyl (C=O) groups excluding carboxylic acids is 1. The molecule has 14 heavy (non-hydrogen) atoms. The summed E-state index contributed by atoms with van der Waals surface area (Å²) in [5.41, 5.74) is 0.865. The van der Waals surface area contributed by atoms with E-state index in [1.165, 1.54) is 19.4 Å². The summed E-state index contributed by atoms with van der Waals surface area (Å²) in [5.74, 6) is -0.418. The summed E-state index contributed by atoms with van der Waals surface area (Å²) >= 11 is 0. The number of benzene rings is 1. The average molecular weight is 193 g/mol. The number of rotatable bonds is 1. The Labute approximate surface area is 79.6 Å². The van der Waals surface area contributed by atoms with Gasteiger partial charge in [0, 0.05) is 11.6 Å². The van der Waals surface area contributed by atoms with Crippen molar-refractivity contribution in [2.24, 2.45) is 0 Å². The van der Waals surface area contributed by atoms with Crippen LogP contribution in [0.3, 0.4) is 0 Å². The molecule has 0 spiro atoms. The lowest BCUT2D eigenvalue weighted by molar-refractivity contribution is 0.0601. The normalized spacial score (nSPS) is 10.4. The Bertz CT molecular complexity index is 490. The predicted octanol–water partition coefficient (Wildman–Crippen LogP) is 2.16. The molecule has 4 heteroatoms. The van der Waals surface area contributed by atoms with Crippen LogP contribution in [0.15, 0.2) is 30.5 Å². The van der Waals surface area contributed by atoms with E-state index in [1.807, 2.05) is 0 Å². The predicted molar refractivity (Wildman–Crippen MR) is 49.8 cm³/mol. The molecule has 1 heterocycles. The molecule has 3 nitrogen and oxygen atoms in total. The Balaban J connectivity index is 2.57. The zero-order valence-electron chi connectivity index (χ0n) is 7.53. The van der Waals surface area contributed by atoms with E-state index in [4.69, 9.17) is 0 Å². The SMILES string of the molecule is COC(=O)c1ccc2c(ccn2F)c1. The van der Waals surface area contributed by atoms with E-state index in [0.29, 0.717) is 21.3 Å². The lowest BCUT2D eigenvalue weighted by Gasteiger charge is -1.98. The van der Waals surface area contributed by atoms with Crippen LogP contribution in [0.4, 0.5) is 4.48 Å². The van der Waals surface area contributed by atoms with Gasteiger partial charge in [0.1, 0.15) is 0 Å². The number of nitrogens with zero attached hydrogens (tertiary/aromatic N) is 1. The zero-order chi connectivity index (χ0) is 10.1. The molecule has 0 aliphatic carbocycles. The molecule has 0 aliphatic heterocycles. The van der Waals surface area contributed by atoms with Crippen molar-refractivity contribution in [3.8, 4) is 0 Å². The highest BCUT2D eigenvalue weighted by atomic mass is 19.2. The molecule has 0 fully saturated rings. The van der Waals surface area contributed by atoms with Gasteiger partial charge in [-0.1, -0.05) is 4.48 Å². The number of fused-ring (bicyclic) bond motifs is 1. The molecule has 72 valence electrons. The Morgan fingerprint density at radius 2 is 2.21 bits per heavy atom. The van der Waals surface area contributed by atoms with E-state index >= 15 is 0 Å². The van der Waals surface area contributed by atoms with Gasteiger partial charge in [-0.15, -0.1) is 0 Å². The minimum absolute atomic E-state index is 0.418. The zero-order valence-corrected chi connectivity index (χ0v) is 7.53. The van der Waals surface area contributed by atoms with Crippen LogP contribution < -0.4 is 0 Å². The van der Waals surface area contributed by atoms with Gasteiger partial charge in [-0.2, -0.15) is 4.79 Å². The molecular weight excluding hydrogens is 185 g/mol. The third-order valence-electron chi connectivity index (χ3n) is 2.06. The van der Waals surface area contributed by atoms with Gasteiger partial charge in [0.25, 0.3) is 0 Å². The van der Waals surface area contributed by atoms with Crippen LogP contribution in [0.1, 0.15) is 10.4 Å². The van der Waals surface area contributed by atoms with Gasteiger partial charge in [0.15, 0.2) is 0 Å². The van der Waals surface area contributed by atoms with Gasteiger partial charge in [-0.05, 0) is 24.3 Å². The largest absolute Gasteiger partial charge is 0.465 e. The second-order valence-corrected chi connectivity index (χ2v) is 2.89. The monoisotopic (exact) mass is 193 g/mol. The highest BCUT2D eigenvalue weighted by Gasteiger charge is 2.07. The van der Waals surface area contributed by atoms with E-state index in [2.05, 4.69) is 4.74 Å². The van der Waals surface area contributed by atoms with Crippen LogP contribution in [0.25, 0.3) is 10.9 Å². The Kier molecular flexibility index (Phi) is 1.96. The molecule has 0 N–H and O–H groups in total. The van der Waals surface area contributed by atoms with E-state index in [-0.39, 0.29) is 0 Å². The first-order valence-corrected chi connectivity index (χ1v) is 4.08. The van der Waals surface area contributed by atoms with Crippen LogP contribution >= 0.6 is 0 Å². The summed E-state index contributed by atoms with van der Waals surface area (Å²) in [6.07, 6.45) is 1.30. The molecule has 0 saturated heterocycles. The van der Waals surface area contributed by atoms with Crippen LogP contribution in [-0.4, -0.2) is 17.9 Å². The molecule has 0 aliphatic rings. The summed E-state index contributed by atoms with van der Waals surface area (Å²) in [4.78, 5) is 11.7. The standard InChI is InChI=1S/C10H8FNO2/c1-14-10(13)8-2-3-9-7(6-8)4-5-12(9)11/h2-6H,1H3. The maximum absolute atomic E-state index is 13.0. The topological polar surface area (TPSA) is 31.2 Å². The van der Waals surface area contributed by atoms with Crippen molar-refractivity contribution >= 4 is 16.9 Å². The number of aromatic nitrogens is 1. The Morgan fingerprint density at radius 3 is 2.93 bits per heavy atom. The number of methoxy groups -OCH3 is 1. The van der Waals surface area contributed by atoms with Gasteiger partial charge in [-0.3, -0.25) is 0 Å². The number of hydrogen-bond acceptors (Lipinski definition) is 2. The van der Waals surface area contributed by atoms with Crippen molar-refractivity contribution in [3.05, 3.63) is 36.0 Å². The minimum atomic E-state index is -0.418. The molecule has 2 aromatic rings. The van der Waals surface area contributed by atoms with Gasteiger partial charge >= 0.3 is 5.97 Å². The number of carbonyl (C=O) groups is 1. The van der Waals surface area contributed by atoms with Crippen LogP contribution in [0.5, 0.6) is 0 Å². The van der Waals surface area contributed by atoms with Gasteiger partial charge in [0.05, 0.1) is 18.2 Å². The quantitative estimate of drug-likeness (QED) is 0.650. The van der Waals surface area contributed by atoms with Crippen LogP contribution in [0.2, 0.25) is 0 Å². The molecule has 0 atom stereocenters. The summed E-state index contributed by atoms with van der Waals surface area (Å²) in [7, 11) is 1.31. The number of halogens is 1. The summed E-state index contributed by atoms with van der Waals surface area (Å²) in [6.45, 7) is 0. The molecule has 0 amide bonds. The minimum Gasteiger partial charge on any atom is -0.465 e. The van der Waals surface area contributed by atoms with Crippen molar-refractivity contribution in [1.29, 1.82) is 0 Å². The van der Waals surface area contributed by atoms with Crippen molar-refractivity contribution in [2.75, 3.05) is 7.11 Å². The summed E-state index contributed by atoms with van der Waals surface area (Å²) in [6, 6.07) is 6.27. The van der Waals surface area contributed by atoms with Crippen molar-refractivity contribution in [2.45, 2.75) is 0 Å². The second kappa shape index (κ2) is 3.14. The molecule has 1 aromatic heterocycles. The molecule has 0 saturated carbocycles. The fraction of sp³-hybridized carbons (Fsp3) is 0.100. The van der Waals surface area contributed by atoms with Gasteiger partial charge < -0.3 is 4.74 Å². The smallest absolute Gasteiger partial charge is 0.337 e. The first-order valence-electron chi connectivity index (χ1n) is 4.08. The van der Waals surface area contributed by atoms with E-state index in [1.54, 1.807) is 18.2 Å². The Hall–Kier alpha value is -1.84. The van der Waals surface area contributed by atoms with Crippen molar-refractivity contribution in [1.82, 2.24) is 4.79 Å². The molecule has 0 radical (unpaired) electrons. The Morgan fingerprint density at radius 1 is 1.43 bits per heavy atom. The van der Waals surface area contributed by atoms with Gasteiger partial charge in [-0.25, -0.2) is 4.79 Å². The molecule has 0 bridgehead atoms. The van der Waals surface area contributed by atoms with E-state index < -0.39 is 5.97 Å². The first-order chi connectivity index (χ1) is 6.72. The molecule has 1 aromatic carbocycles. The van der Waals surface area contributed by atoms with Crippen LogP contribution in [0, 0.1) is 0 Å². The number of esters is 1. The second-order valence-electron chi connectivity index (χ2n) is 2.89.